The van der Waals surface area contributed by atoms with Gasteiger partial charge in [-0.05, 0) is 37.4 Å². The van der Waals surface area contributed by atoms with Crippen molar-refractivity contribution in [2.24, 2.45) is 0 Å². The van der Waals surface area contributed by atoms with Crippen molar-refractivity contribution in [1.29, 1.82) is 0 Å². The lowest BCUT2D eigenvalue weighted by atomic mass is 10.0. The van der Waals surface area contributed by atoms with Crippen molar-refractivity contribution in [1.82, 2.24) is 10.3 Å². The first-order valence-corrected chi connectivity index (χ1v) is 6.68. The van der Waals surface area contributed by atoms with Crippen molar-refractivity contribution in [2.45, 2.75) is 45.6 Å². The highest BCUT2D eigenvalue weighted by Crippen LogP contribution is 2.17. The molecular weight excluding hydrogens is 234 g/mol. The highest BCUT2D eigenvalue weighted by atomic mass is 35.5. The summed E-state index contributed by atoms with van der Waals surface area (Å²) < 4.78 is 0. The second-order valence-corrected chi connectivity index (χ2v) is 4.72. The summed E-state index contributed by atoms with van der Waals surface area (Å²) in [5, 5.41) is 4.15. The number of pyridine rings is 1. The van der Waals surface area contributed by atoms with Gasteiger partial charge in [-0.25, -0.2) is 4.98 Å². The van der Waals surface area contributed by atoms with Crippen molar-refractivity contribution in [2.75, 3.05) is 12.3 Å². The molecule has 17 heavy (non-hydrogen) atoms. The fraction of sp³-hybridized carbons (Fsp3) is 0.615. The standard InChI is InChI=1S/C13H22ClN3/c1-3-5-12(16-4-2)7-6-10-8-11(14)9-17-13(10)15/h8-9,12,16H,3-7H2,1-2H3,(H2,15,17). The Morgan fingerprint density at radius 3 is 2.82 bits per heavy atom. The molecule has 0 amide bonds. The lowest BCUT2D eigenvalue weighted by Gasteiger charge is -2.17. The van der Waals surface area contributed by atoms with E-state index in [1.165, 1.54) is 12.8 Å². The molecular formula is C13H22ClN3. The minimum atomic E-state index is 0.559. The molecule has 0 spiro atoms. The summed E-state index contributed by atoms with van der Waals surface area (Å²) in [6.07, 6.45) is 5.99. The molecule has 1 rings (SSSR count). The molecule has 1 unspecified atom stereocenters. The van der Waals surface area contributed by atoms with Gasteiger partial charge in [-0.15, -0.1) is 0 Å². The fourth-order valence-electron chi connectivity index (χ4n) is 2.01. The van der Waals surface area contributed by atoms with Crippen LogP contribution in [0.3, 0.4) is 0 Å². The van der Waals surface area contributed by atoms with Gasteiger partial charge in [-0.1, -0.05) is 31.9 Å². The lowest BCUT2D eigenvalue weighted by molar-refractivity contribution is 0.460. The molecule has 0 fully saturated rings. The Balaban J connectivity index is 2.55. The quantitative estimate of drug-likeness (QED) is 0.788. The van der Waals surface area contributed by atoms with E-state index in [9.17, 15) is 0 Å². The summed E-state index contributed by atoms with van der Waals surface area (Å²) in [5.41, 5.74) is 6.89. The van der Waals surface area contributed by atoms with Crippen LogP contribution < -0.4 is 11.1 Å². The zero-order valence-corrected chi connectivity index (χ0v) is 11.4. The van der Waals surface area contributed by atoms with Gasteiger partial charge in [0.05, 0.1) is 5.02 Å². The Morgan fingerprint density at radius 2 is 2.18 bits per heavy atom. The zero-order chi connectivity index (χ0) is 12.7. The van der Waals surface area contributed by atoms with Gasteiger partial charge in [0.1, 0.15) is 5.82 Å². The van der Waals surface area contributed by atoms with Crippen molar-refractivity contribution in [3.63, 3.8) is 0 Å². The highest BCUT2D eigenvalue weighted by Gasteiger charge is 2.08. The number of hydrogen-bond donors (Lipinski definition) is 2. The predicted molar refractivity (Wildman–Crippen MR) is 74.4 cm³/mol. The molecule has 1 atom stereocenters. The SMILES string of the molecule is CCCC(CCc1cc(Cl)cnc1N)NCC. The molecule has 0 aromatic carbocycles. The topological polar surface area (TPSA) is 50.9 Å². The van der Waals surface area contributed by atoms with E-state index in [0.717, 1.165) is 24.9 Å². The van der Waals surface area contributed by atoms with Crippen LogP contribution in [0.5, 0.6) is 0 Å². The Labute approximate surface area is 109 Å². The van der Waals surface area contributed by atoms with Gasteiger partial charge in [0.15, 0.2) is 0 Å². The zero-order valence-electron chi connectivity index (χ0n) is 10.7. The maximum atomic E-state index is 5.92. The van der Waals surface area contributed by atoms with Crippen molar-refractivity contribution in [3.8, 4) is 0 Å². The summed E-state index contributed by atoms with van der Waals surface area (Å²) in [6, 6.07) is 2.47. The Kier molecular flexibility index (Phi) is 6.30. The molecule has 0 saturated carbocycles. The molecule has 1 aromatic rings. The molecule has 0 saturated heterocycles. The van der Waals surface area contributed by atoms with Crippen LogP contribution in [0.4, 0.5) is 5.82 Å². The lowest BCUT2D eigenvalue weighted by Crippen LogP contribution is -2.29. The van der Waals surface area contributed by atoms with Crippen LogP contribution in [0.2, 0.25) is 5.02 Å². The average molecular weight is 256 g/mol. The molecule has 0 radical (unpaired) electrons. The third-order valence-corrected chi connectivity index (χ3v) is 3.07. The van der Waals surface area contributed by atoms with Crippen molar-refractivity contribution >= 4 is 17.4 Å². The molecule has 1 aromatic heterocycles. The average Bonchev–Trinajstić information content (AvgIpc) is 2.30. The fourth-order valence-corrected chi connectivity index (χ4v) is 2.19. The van der Waals surface area contributed by atoms with Crippen LogP contribution in [0.15, 0.2) is 12.3 Å². The number of nitrogens with one attached hydrogen (secondary N) is 1. The molecule has 4 heteroatoms. The molecule has 0 bridgehead atoms. The first kappa shape index (κ1) is 14.3. The summed E-state index contributed by atoms with van der Waals surface area (Å²) in [7, 11) is 0. The number of anilines is 1. The first-order valence-electron chi connectivity index (χ1n) is 6.30. The number of hydrogen-bond acceptors (Lipinski definition) is 3. The van der Waals surface area contributed by atoms with E-state index < -0.39 is 0 Å². The minimum Gasteiger partial charge on any atom is -0.383 e. The number of aryl methyl sites for hydroxylation is 1. The third-order valence-electron chi connectivity index (χ3n) is 2.86. The normalized spacial score (nSPS) is 12.6. The second kappa shape index (κ2) is 7.51. The van der Waals surface area contributed by atoms with Crippen LogP contribution in [0.25, 0.3) is 0 Å². The summed E-state index contributed by atoms with van der Waals surface area (Å²) in [5.74, 6) is 0.598. The Morgan fingerprint density at radius 1 is 1.41 bits per heavy atom. The van der Waals surface area contributed by atoms with Crippen LogP contribution in [0.1, 0.15) is 38.7 Å². The highest BCUT2D eigenvalue weighted by molar-refractivity contribution is 6.30. The number of nitrogens with two attached hydrogens (primary N) is 1. The summed E-state index contributed by atoms with van der Waals surface area (Å²) in [6.45, 7) is 5.35. The van der Waals surface area contributed by atoms with Crippen LogP contribution in [-0.4, -0.2) is 17.6 Å². The number of nitrogen functional groups attached to an aromatic ring is 1. The Hall–Kier alpha value is -0.800. The van der Waals surface area contributed by atoms with Gasteiger partial charge >= 0.3 is 0 Å². The molecule has 1 heterocycles. The maximum Gasteiger partial charge on any atom is 0.126 e. The van der Waals surface area contributed by atoms with Gasteiger partial charge in [0, 0.05) is 12.2 Å². The van der Waals surface area contributed by atoms with E-state index in [1.807, 2.05) is 6.07 Å². The molecule has 0 aliphatic carbocycles. The van der Waals surface area contributed by atoms with Crippen LogP contribution in [0, 0.1) is 0 Å². The van der Waals surface area contributed by atoms with Gasteiger partial charge in [-0.3, -0.25) is 0 Å². The number of rotatable bonds is 7. The van der Waals surface area contributed by atoms with E-state index in [4.69, 9.17) is 17.3 Å². The number of aromatic nitrogens is 1. The Bertz CT molecular complexity index is 335. The van der Waals surface area contributed by atoms with Gasteiger partial charge in [0.25, 0.3) is 0 Å². The summed E-state index contributed by atoms with van der Waals surface area (Å²) >= 11 is 5.92. The summed E-state index contributed by atoms with van der Waals surface area (Å²) in [4.78, 5) is 4.07. The van der Waals surface area contributed by atoms with Crippen LogP contribution in [-0.2, 0) is 6.42 Å². The van der Waals surface area contributed by atoms with Crippen LogP contribution >= 0.6 is 11.6 Å². The number of nitrogens with zero attached hydrogens (tertiary/aromatic N) is 1. The minimum absolute atomic E-state index is 0.559. The smallest absolute Gasteiger partial charge is 0.126 e. The molecule has 0 aliphatic heterocycles. The first-order chi connectivity index (χ1) is 8.17. The van der Waals surface area contributed by atoms with E-state index in [0.29, 0.717) is 16.9 Å². The van der Waals surface area contributed by atoms with E-state index in [1.54, 1.807) is 6.20 Å². The largest absolute Gasteiger partial charge is 0.383 e. The molecule has 96 valence electrons. The second-order valence-electron chi connectivity index (χ2n) is 4.28. The third kappa shape index (κ3) is 4.92. The van der Waals surface area contributed by atoms with Gasteiger partial charge in [-0.2, -0.15) is 0 Å². The molecule has 3 nitrogen and oxygen atoms in total. The van der Waals surface area contributed by atoms with E-state index in [2.05, 4.69) is 24.1 Å². The monoisotopic (exact) mass is 255 g/mol. The van der Waals surface area contributed by atoms with Crippen molar-refractivity contribution in [3.05, 3.63) is 22.8 Å². The van der Waals surface area contributed by atoms with Gasteiger partial charge < -0.3 is 11.1 Å². The van der Waals surface area contributed by atoms with Crippen molar-refractivity contribution < 1.29 is 0 Å². The molecule has 3 N–H and O–H groups in total. The van der Waals surface area contributed by atoms with E-state index >= 15 is 0 Å². The maximum absolute atomic E-state index is 5.92. The number of halogens is 1. The van der Waals surface area contributed by atoms with Gasteiger partial charge in [0.2, 0.25) is 0 Å². The predicted octanol–water partition coefficient (Wildman–Crippen LogP) is 3.03. The van der Waals surface area contributed by atoms with E-state index in [-0.39, 0.29) is 0 Å². The molecule has 0 aliphatic rings.